The molecule has 1 aliphatic rings. The molecule has 1 fully saturated rings. The number of guanidine groups is 1. The van der Waals surface area contributed by atoms with Crippen molar-refractivity contribution in [3.8, 4) is 0 Å². The van der Waals surface area contributed by atoms with Crippen LogP contribution in [0.2, 0.25) is 0 Å². The molecular formula is C18H24FIN4S2. The normalized spacial score (nSPS) is 15.2. The highest BCUT2D eigenvalue weighted by Gasteiger charge is 2.44. The van der Waals surface area contributed by atoms with Crippen molar-refractivity contribution in [3.63, 3.8) is 0 Å². The lowest BCUT2D eigenvalue weighted by Gasteiger charge is -2.19. The van der Waals surface area contributed by atoms with E-state index >= 15 is 0 Å². The monoisotopic (exact) mass is 506 g/mol. The Morgan fingerprint density at radius 2 is 2.23 bits per heavy atom. The van der Waals surface area contributed by atoms with Crippen LogP contribution < -0.4 is 10.6 Å². The summed E-state index contributed by atoms with van der Waals surface area (Å²) in [5.74, 6) is 1.68. The van der Waals surface area contributed by atoms with Gasteiger partial charge in [0, 0.05) is 42.9 Å². The van der Waals surface area contributed by atoms with Crippen LogP contribution in [0.3, 0.4) is 0 Å². The third-order valence-electron chi connectivity index (χ3n) is 4.36. The molecule has 0 saturated heterocycles. The van der Waals surface area contributed by atoms with E-state index in [-0.39, 0.29) is 35.2 Å². The van der Waals surface area contributed by atoms with E-state index in [2.05, 4.69) is 20.6 Å². The summed E-state index contributed by atoms with van der Waals surface area (Å²) < 4.78 is 14.6. The first-order chi connectivity index (χ1) is 12.2. The van der Waals surface area contributed by atoms with Crippen LogP contribution in [0.1, 0.15) is 24.8 Å². The van der Waals surface area contributed by atoms with Gasteiger partial charge in [0.1, 0.15) is 10.2 Å². The second-order valence-electron chi connectivity index (χ2n) is 6.14. The van der Waals surface area contributed by atoms with Gasteiger partial charge in [-0.05, 0) is 37.0 Å². The van der Waals surface area contributed by atoms with E-state index in [1.54, 1.807) is 42.3 Å². The molecule has 2 N–H and O–H groups in total. The van der Waals surface area contributed by atoms with Gasteiger partial charge in [-0.2, -0.15) is 0 Å². The van der Waals surface area contributed by atoms with E-state index in [1.807, 2.05) is 17.6 Å². The standard InChI is InChI=1S/C18H23FN4S2.HI/c1-20-16(21-8-3-10-24-17-22-9-11-25-17)23-13-18(6-7-18)14-4-2-5-15(19)12-14;/h2,4-5,9,11-12H,3,6-8,10,13H2,1H3,(H2,20,21,23);1H. The third kappa shape index (κ3) is 6.09. The number of benzene rings is 1. The zero-order valence-corrected chi connectivity index (χ0v) is 18.7. The smallest absolute Gasteiger partial charge is 0.191 e. The Balaban J connectivity index is 0.00000243. The lowest BCUT2D eigenvalue weighted by Crippen LogP contribution is -2.41. The fourth-order valence-corrected chi connectivity index (χ4v) is 4.38. The average molecular weight is 506 g/mol. The lowest BCUT2D eigenvalue weighted by molar-refractivity contribution is 0.607. The van der Waals surface area contributed by atoms with Crippen LogP contribution in [0.5, 0.6) is 0 Å². The molecule has 26 heavy (non-hydrogen) atoms. The van der Waals surface area contributed by atoms with Gasteiger partial charge in [0.15, 0.2) is 5.96 Å². The van der Waals surface area contributed by atoms with Crippen molar-refractivity contribution >= 4 is 53.0 Å². The molecule has 0 bridgehead atoms. The minimum Gasteiger partial charge on any atom is -0.356 e. The molecule has 3 rings (SSSR count). The number of hydrogen-bond donors (Lipinski definition) is 2. The van der Waals surface area contributed by atoms with Crippen molar-refractivity contribution in [1.29, 1.82) is 0 Å². The quantitative estimate of drug-likeness (QED) is 0.185. The number of rotatable bonds is 8. The number of aliphatic imine (C=N–C) groups is 1. The van der Waals surface area contributed by atoms with E-state index in [4.69, 9.17) is 0 Å². The van der Waals surface area contributed by atoms with Crippen LogP contribution in [0.15, 0.2) is 45.2 Å². The maximum atomic E-state index is 13.5. The molecule has 2 aromatic rings. The fraction of sp³-hybridized carbons (Fsp3) is 0.444. The number of hydrogen-bond acceptors (Lipinski definition) is 4. The zero-order valence-electron chi connectivity index (χ0n) is 14.7. The zero-order chi connectivity index (χ0) is 17.5. The largest absolute Gasteiger partial charge is 0.356 e. The molecule has 1 aliphatic carbocycles. The van der Waals surface area contributed by atoms with Crippen molar-refractivity contribution in [1.82, 2.24) is 15.6 Å². The molecule has 142 valence electrons. The summed E-state index contributed by atoms with van der Waals surface area (Å²) in [6.07, 6.45) is 5.05. The Morgan fingerprint density at radius 3 is 2.88 bits per heavy atom. The molecular weight excluding hydrogens is 482 g/mol. The summed E-state index contributed by atoms with van der Waals surface area (Å²) in [6.45, 7) is 1.65. The summed E-state index contributed by atoms with van der Waals surface area (Å²) in [6, 6.07) is 6.96. The summed E-state index contributed by atoms with van der Waals surface area (Å²) in [5, 5.41) is 8.74. The summed E-state index contributed by atoms with van der Waals surface area (Å²) >= 11 is 3.46. The minimum absolute atomic E-state index is 0. The molecule has 8 heteroatoms. The van der Waals surface area contributed by atoms with E-state index in [9.17, 15) is 4.39 Å². The maximum Gasteiger partial charge on any atom is 0.191 e. The van der Waals surface area contributed by atoms with Gasteiger partial charge >= 0.3 is 0 Å². The topological polar surface area (TPSA) is 49.3 Å². The molecule has 0 spiro atoms. The number of aromatic nitrogens is 1. The van der Waals surface area contributed by atoms with Crippen LogP contribution in [0.4, 0.5) is 4.39 Å². The summed E-state index contributed by atoms with van der Waals surface area (Å²) in [4.78, 5) is 8.54. The van der Waals surface area contributed by atoms with Gasteiger partial charge in [0.2, 0.25) is 0 Å². The SMILES string of the molecule is CN=C(NCCCSc1nccs1)NCC1(c2cccc(F)c2)CC1.I. The van der Waals surface area contributed by atoms with Crippen LogP contribution in [0.25, 0.3) is 0 Å². The van der Waals surface area contributed by atoms with Gasteiger partial charge in [0.05, 0.1) is 0 Å². The summed E-state index contributed by atoms with van der Waals surface area (Å²) in [5.41, 5.74) is 1.13. The first-order valence-electron chi connectivity index (χ1n) is 8.45. The molecule has 1 aromatic carbocycles. The molecule has 0 amide bonds. The molecule has 0 aliphatic heterocycles. The van der Waals surface area contributed by atoms with Gasteiger partial charge in [-0.3, -0.25) is 4.99 Å². The first-order valence-corrected chi connectivity index (χ1v) is 10.3. The van der Waals surface area contributed by atoms with Crippen LogP contribution in [-0.4, -0.2) is 36.8 Å². The lowest BCUT2D eigenvalue weighted by atomic mass is 9.96. The van der Waals surface area contributed by atoms with Crippen molar-refractivity contribution < 1.29 is 4.39 Å². The highest BCUT2D eigenvalue weighted by molar-refractivity contribution is 14.0. The average Bonchev–Trinajstić information content (AvgIpc) is 3.24. The molecule has 4 nitrogen and oxygen atoms in total. The number of thiazole rings is 1. The fourth-order valence-electron chi connectivity index (χ4n) is 2.73. The first kappa shape index (κ1) is 21.4. The van der Waals surface area contributed by atoms with E-state index in [0.717, 1.165) is 54.0 Å². The van der Waals surface area contributed by atoms with Gasteiger partial charge in [-0.1, -0.05) is 23.9 Å². The number of nitrogens with zero attached hydrogens (tertiary/aromatic N) is 2. The van der Waals surface area contributed by atoms with E-state index < -0.39 is 0 Å². The highest BCUT2D eigenvalue weighted by atomic mass is 127. The molecule has 1 aromatic heterocycles. The second-order valence-corrected chi connectivity index (χ2v) is 8.38. The molecule has 0 radical (unpaired) electrons. The molecule has 0 atom stereocenters. The Labute approximate surface area is 179 Å². The van der Waals surface area contributed by atoms with Gasteiger partial charge in [-0.15, -0.1) is 35.3 Å². The summed E-state index contributed by atoms with van der Waals surface area (Å²) in [7, 11) is 1.78. The third-order valence-corrected chi connectivity index (χ3v) is 6.41. The van der Waals surface area contributed by atoms with Crippen molar-refractivity contribution in [3.05, 3.63) is 47.2 Å². The van der Waals surface area contributed by atoms with E-state index in [0.29, 0.717) is 0 Å². The second kappa shape index (κ2) is 10.5. The number of halogens is 2. The maximum absolute atomic E-state index is 13.5. The number of nitrogens with one attached hydrogen (secondary N) is 2. The van der Waals surface area contributed by atoms with Gasteiger partial charge in [-0.25, -0.2) is 9.37 Å². The minimum atomic E-state index is -0.163. The molecule has 1 saturated carbocycles. The van der Waals surface area contributed by atoms with Crippen molar-refractivity contribution in [2.24, 2.45) is 4.99 Å². The highest BCUT2D eigenvalue weighted by Crippen LogP contribution is 2.47. The van der Waals surface area contributed by atoms with Gasteiger partial charge in [0.25, 0.3) is 0 Å². The van der Waals surface area contributed by atoms with Crippen molar-refractivity contribution in [2.45, 2.75) is 29.0 Å². The molecule has 1 heterocycles. The predicted octanol–water partition coefficient (Wildman–Crippen LogP) is 4.28. The Bertz CT molecular complexity index is 705. The van der Waals surface area contributed by atoms with E-state index in [1.165, 1.54) is 6.07 Å². The van der Waals surface area contributed by atoms with Gasteiger partial charge < -0.3 is 10.6 Å². The van der Waals surface area contributed by atoms with Crippen LogP contribution in [0, 0.1) is 5.82 Å². The Morgan fingerprint density at radius 1 is 1.38 bits per heavy atom. The van der Waals surface area contributed by atoms with Crippen LogP contribution in [-0.2, 0) is 5.41 Å². The number of thioether (sulfide) groups is 1. The van der Waals surface area contributed by atoms with Crippen molar-refractivity contribution in [2.75, 3.05) is 25.9 Å². The Kier molecular flexibility index (Phi) is 8.62. The predicted molar refractivity (Wildman–Crippen MR) is 120 cm³/mol. The molecule has 0 unspecified atom stereocenters. The van der Waals surface area contributed by atoms with Crippen LogP contribution >= 0.6 is 47.1 Å². The Hall–Kier alpha value is -0.870.